The van der Waals surface area contributed by atoms with Crippen molar-refractivity contribution in [3.8, 4) is 0 Å². The third-order valence-corrected chi connectivity index (χ3v) is 2.98. The van der Waals surface area contributed by atoms with Crippen molar-refractivity contribution in [1.82, 2.24) is 0 Å². The predicted octanol–water partition coefficient (Wildman–Crippen LogP) is -1.67. The Balaban J connectivity index is 0. The molecule has 0 fully saturated rings. The van der Waals surface area contributed by atoms with Crippen LogP contribution >= 0.6 is 0 Å². The van der Waals surface area contributed by atoms with E-state index >= 15 is 0 Å². The van der Waals surface area contributed by atoms with Gasteiger partial charge in [-0.1, -0.05) is 30.3 Å². The van der Waals surface area contributed by atoms with Crippen molar-refractivity contribution >= 4 is 10.1 Å². The molecule has 1 aromatic carbocycles. The number of hydrogen-bond donors (Lipinski definition) is 2. The zero-order valence-electron chi connectivity index (χ0n) is 11.2. The minimum absolute atomic E-state index is 0. The quantitative estimate of drug-likeness (QED) is 0.485. The van der Waals surface area contributed by atoms with Crippen LogP contribution in [-0.4, -0.2) is 36.5 Å². The molecule has 1 aromatic rings. The Labute approximate surface area is 133 Å². The summed E-state index contributed by atoms with van der Waals surface area (Å²) in [5.74, 6) is 0. The molecule has 0 saturated heterocycles. The standard InChI is InChI=1S/C10H12F2O5S.Na.H/c11-10(12,18(14,15)16)7-17-6-9(13)8-4-2-1-3-5-8;;/h1-5,9,13H,6-7H2,(H,14,15,16);;/q;+1;-1. The maximum absolute atomic E-state index is 12.7. The zero-order valence-corrected chi connectivity index (χ0v) is 13.0. The largest absolute Gasteiger partial charge is 1.00 e. The van der Waals surface area contributed by atoms with E-state index in [0.717, 1.165) is 0 Å². The van der Waals surface area contributed by atoms with Gasteiger partial charge in [0.1, 0.15) is 12.7 Å². The summed E-state index contributed by atoms with van der Waals surface area (Å²) in [6, 6.07) is 8.13. The third-order valence-electron chi connectivity index (χ3n) is 2.11. The second-order valence-electron chi connectivity index (χ2n) is 3.55. The summed E-state index contributed by atoms with van der Waals surface area (Å²) >= 11 is 0. The van der Waals surface area contributed by atoms with Crippen LogP contribution in [0.5, 0.6) is 0 Å². The van der Waals surface area contributed by atoms with Crippen molar-refractivity contribution in [2.75, 3.05) is 13.2 Å². The Morgan fingerprint density at radius 3 is 2.32 bits per heavy atom. The Morgan fingerprint density at radius 2 is 1.84 bits per heavy atom. The first-order valence-electron chi connectivity index (χ1n) is 4.89. The summed E-state index contributed by atoms with van der Waals surface area (Å²) in [7, 11) is -5.50. The molecule has 0 heterocycles. The molecule has 0 aliphatic rings. The van der Waals surface area contributed by atoms with E-state index in [1.807, 2.05) is 0 Å². The van der Waals surface area contributed by atoms with E-state index in [1.54, 1.807) is 30.3 Å². The summed E-state index contributed by atoms with van der Waals surface area (Å²) in [4.78, 5) is 0. The fourth-order valence-electron chi connectivity index (χ4n) is 1.14. The van der Waals surface area contributed by atoms with E-state index in [2.05, 4.69) is 4.74 Å². The smallest absolute Gasteiger partial charge is 1.00 e. The monoisotopic (exact) mass is 306 g/mol. The fourth-order valence-corrected chi connectivity index (χ4v) is 1.37. The van der Waals surface area contributed by atoms with Crippen molar-refractivity contribution in [2.24, 2.45) is 0 Å². The molecular formula is C10H13F2NaO5S. The number of aliphatic hydroxyl groups excluding tert-OH is 1. The van der Waals surface area contributed by atoms with Crippen LogP contribution in [-0.2, 0) is 14.9 Å². The number of benzene rings is 1. The van der Waals surface area contributed by atoms with Crippen LogP contribution in [0.1, 0.15) is 13.1 Å². The SMILES string of the molecule is O=S(=O)(O)C(F)(F)COCC(O)c1ccccc1.[H-].[Na+]. The van der Waals surface area contributed by atoms with Crippen LogP contribution in [0.4, 0.5) is 8.78 Å². The minimum atomic E-state index is -5.50. The van der Waals surface area contributed by atoms with Crippen molar-refractivity contribution in [2.45, 2.75) is 11.4 Å². The van der Waals surface area contributed by atoms with Gasteiger partial charge in [0, 0.05) is 0 Å². The summed E-state index contributed by atoms with van der Waals surface area (Å²) in [6.45, 7) is -2.02. The molecule has 104 valence electrons. The summed E-state index contributed by atoms with van der Waals surface area (Å²) in [5, 5.41) is 5.15. The van der Waals surface area contributed by atoms with Crippen molar-refractivity contribution in [1.29, 1.82) is 0 Å². The number of ether oxygens (including phenoxy) is 1. The molecule has 19 heavy (non-hydrogen) atoms. The van der Waals surface area contributed by atoms with Crippen LogP contribution < -0.4 is 29.6 Å². The number of alkyl halides is 2. The van der Waals surface area contributed by atoms with Crippen molar-refractivity contribution in [3.05, 3.63) is 35.9 Å². The molecule has 1 unspecified atom stereocenters. The maximum atomic E-state index is 12.7. The molecule has 0 aliphatic heterocycles. The number of halogens is 2. The predicted molar refractivity (Wildman–Crippen MR) is 59.8 cm³/mol. The molecule has 5 nitrogen and oxygen atoms in total. The first-order valence-corrected chi connectivity index (χ1v) is 6.33. The molecule has 2 N–H and O–H groups in total. The molecule has 0 spiro atoms. The number of rotatable bonds is 6. The van der Waals surface area contributed by atoms with Gasteiger partial charge in [-0.25, -0.2) is 0 Å². The van der Waals surface area contributed by atoms with Gasteiger partial charge in [-0.05, 0) is 5.56 Å². The van der Waals surface area contributed by atoms with Crippen LogP contribution in [0.25, 0.3) is 0 Å². The summed E-state index contributed by atoms with van der Waals surface area (Å²) < 4.78 is 58.6. The van der Waals surface area contributed by atoms with Gasteiger partial charge in [0.15, 0.2) is 0 Å². The zero-order chi connectivity index (χ0) is 13.8. The normalized spacial score (nSPS) is 13.7. The first kappa shape index (κ1) is 18.9. The Bertz CT molecular complexity index is 486. The Morgan fingerprint density at radius 1 is 1.32 bits per heavy atom. The van der Waals surface area contributed by atoms with E-state index in [1.165, 1.54) is 0 Å². The molecule has 0 amide bonds. The van der Waals surface area contributed by atoms with Crippen molar-refractivity contribution < 1.29 is 62.6 Å². The molecule has 0 aliphatic carbocycles. The van der Waals surface area contributed by atoms with Gasteiger partial charge >= 0.3 is 44.9 Å². The average molecular weight is 306 g/mol. The van der Waals surface area contributed by atoms with Gasteiger partial charge in [0.05, 0.1) is 6.61 Å². The van der Waals surface area contributed by atoms with E-state index in [4.69, 9.17) is 4.55 Å². The molecular weight excluding hydrogens is 293 g/mol. The molecule has 0 radical (unpaired) electrons. The Kier molecular flexibility index (Phi) is 7.59. The molecule has 0 aromatic heterocycles. The van der Waals surface area contributed by atoms with E-state index < -0.39 is 34.7 Å². The van der Waals surface area contributed by atoms with Gasteiger partial charge in [0.2, 0.25) is 0 Å². The van der Waals surface area contributed by atoms with Gasteiger partial charge in [0.25, 0.3) is 0 Å². The first-order chi connectivity index (χ1) is 8.24. The number of hydrogen-bond acceptors (Lipinski definition) is 4. The van der Waals surface area contributed by atoms with Crippen molar-refractivity contribution in [3.63, 3.8) is 0 Å². The Hall–Kier alpha value is -0.0900. The van der Waals surface area contributed by atoms with E-state index in [0.29, 0.717) is 5.56 Å². The summed E-state index contributed by atoms with van der Waals surface area (Å²) in [6.07, 6.45) is -1.15. The second kappa shape index (κ2) is 7.63. The number of aliphatic hydroxyl groups is 1. The molecule has 9 heteroatoms. The van der Waals surface area contributed by atoms with Gasteiger partial charge < -0.3 is 11.3 Å². The van der Waals surface area contributed by atoms with Crippen LogP contribution in [0.2, 0.25) is 0 Å². The van der Waals surface area contributed by atoms with Crippen LogP contribution in [0.3, 0.4) is 0 Å². The molecule has 0 saturated carbocycles. The second-order valence-corrected chi connectivity index (χ2v) is 5.10. The fraction of sp³-hybridized carbons (Fsp3) is 0.400. The third kappa shape index (κ3) is 5.82. The minimum Gasteiger partial charge on any atom is -1.00 e. The van der Waals surface area contributed by atoms with E-state index in [9.17, 15) is 22.3 Å². The van der Waals surface area contributed by atoms with Gasteiger partial charge in [-0.15, -0.1) is 0 Å². The van der Waals surface area contributed by atoms with E-state index in [-0.39, 0.29) is 31.0 Å². The molecule has 1 atom stereocenters. The maximum Gasteiger partial charge on any atom is 1.00 e. The molecule has 1 rings (SSSR count). The van der Waals surface area contributed by atoms with Crippen LogP contribution in [0.15, 0.2) is 30.3 Å². The van der Waals surface area contributed by atoms with Gasteiger partial charge in [-0.3, -0.25) is 4.55 Å². The van der Waals surface area contributed by atoms with Crippen LogP contribution in [0, 0.1) is 0 Å². The average Bonchev–Trinajstić information content (AvgIpc) is 2.28. The summed E-state index contributed by atoms with van der Waals surface area (Å²) in [5.41, 5.74) is 0.452. The topological polar surface area (TPSA) is 83.8 Å². The molecule has 0 bridgehead atoms. The van der Waals surface area contributed by atoms with Gasteiger partial charge in [-0.2, -0.15) is 17.2 Å².